The quantitative estimate of drug-likeness (QED) is 0.263. The molecule has 0 atom stereocenters. The van der Waals surface area contributed by atoms with Crippen molar-refractivity contribution in [3.63, 3.8) is 0 Å². The molecule has 7 nitrogen and oxygen atoms in total. The molecule has 1 amide bonds. The Bertz CT molecular complexity index is 1460. The fourth-order valence-electron chi connectivity index (χ4n) is 3.32. The third-order valence-electron chi connectivity index (χ3n) is 5.07. The zero-order chi connectivity index (χ0) is 25.7. The largest absolute Gasteiger partial charge is 0.322 e. The van der Waals surface area contributed by atoms with Crippen molar-refractivity contribution in [1.82, 2.24) is 9.97 Å². The molecule has 3 aromatic carbocycles. The average Bonchev–Trinajstić information content (AvgIpc) is 2.83. The summed E-state index contributed by atoms with van der Waals surface area (Å²) in [5.41, 5.74) is 3.38. The highest BCUT2D eigenvalue weighted by molar-refractivity contribution is 7.98. The van der Waals surface area contributed by atoms with E-state index >= 15 is 0 Å². The fourth-order valence-corrected chi connectivity index (χ4v) is 5.25. The Labute approximate surface area is 219 Å². The van der Waals surface area contributed by atoms with Gasteiger partial charge in [-0.05, 0) is 86.1 Å². The van der Waals surface area contributed by atoms with E-state index in [2.05, 4.69) is 20.0 Å². The van der Waals surface area contributed by atoms with E-state index in [9.17, 15) is 13.2 Å². The molecular formula is C26H23ClN4O3S2. The van der Waals surface area contributed by atoms with E-state index in [4.69, 9.17) is 11.6 Å². The second kappa shape index (κ2) is 11.1. The minimum absolute atomic E-state index is 0.0138. The summed E-state index contributed by atoms with van der Waals surface area (Å²) in [6, 6.07) is 22.7. The number of amides is 1. The standard InChI is InChI=1S/C26H23ClN4O3S2/c1-17-15-18(2)29-26(28-17)31-36(33,34)24-13-9-22(10-14-24)30-25(32)20-5-3-19(4-6-20)16-35-23-11-7-21(27)8-12-23/h3-15H,16H2,1-2H3,(H,30,32)(H,28,29,31). The molecule has 2 N–H and O–H groups in total. The molecule has 36 heavy (non-hydrogen) atoms. The van der Waals surface area contributed by atoms with Gasteiger partial charge in [-0.15, -0.1) is 11.8 Å². The highest BCUT2D eigenvalue weighted by Gasteiger charge is 2.16. The number of carbonyl (C=O) groups excluding carboxylic acids is 1. The zero-order valence-electron chi connectivity index (χ0n) is 19.5. The molecule has 0 saturated heterocycles. The number of sulfonamides is 1. The van der Waals surface area contributed by atoms with Crippen molar-refractivity contribution in [1.29, 1.82) is 0 Å². The third kappa shape index (κ3) is 6.84. The van der Waals surface area contributed by atoms with Gasteiger partial charge in [0.15, 0.2) is 0 Å². The first-order chi connectivity index (χ1) is 17.2. The van der Waals surface area contributed by atoms with Gasteiger partial charge in [-0.1, -0.05) is 23.7 Å². The van der Waals surface area contributed by atoms with Crippen LogP contribution in [-0.4, -0.2) is 24.3 Å². The summed E-state index contributed by atoms with van der Waals surface area (Å²) < 4.78 is 27.8. The van der Waals surface area contributed by atoms with E-state index in [1.807, 2.05) is 36.4 Å². The van der Waals surface area contributed by atoms with Gasteiger partial charge in [0.1, 0.15) is 0 Å². The van der Waals surface area contributed by atoms with Gasteiger partial charge in [0, 0.05) is 38.3 Å². The molecule has 0 fully saturated rings. The van der Waals surface area contributed by atoms with E-state index in [0.717, 1.165) is 16.2 Å². The van der Waals surface area contributed by atoms with Gasteiger partial charge in [-0.2, -0.15) is 0 Å². The number of benzene rings is 3. The van der Waals surface area contributed by atoms with Crippen LogP contribution in [0, 0.1) is 13.8 Å². The van der Waals surface area contributed by atoms with Crippen molar-refractivity contribution in [2.75, 3.05) is 10.0 Å². The van der Waals surface area contributed by atoms with E-state index < -0.39 is 10.0 Å². The summed E-state index contributed by atoms with van der Waals surface area (Å²) in [7, 11) is -3.87. The number of nitrogens with zero attached hydrogens (tertiary/aromatic N) is 2. The normalized spacial score (nSPS) is 11.2. The van der Waals surface area contributed by atoms with E-state index in [1.165, 1.54) is 24.3 Å². The van der Waals surface area contributed by atoms with E-state index in [-0.39, 0.29) is 16.8 Å². The molecule has 4 rings (SSSR count). The molecule has 0 saturated carbocycles. The first kappa shape index (κ1) is 25.7. The second-order valence-electron chi connectivity index (χ2n) is 8.00. The first-order valence-electron chi connectivity index (χ1n) is 10.9. The number of thioether (sulfide) groups is 1. The second-order valence-corrected chi connectivity index (χ2v) is 11.2. The van der Waals surface area contributed by atoms with Crippen LogP contribution in [0.15, 0.2) is 88.7 Å². The highest BCUT2D eigenvalue weighted by atomic mass is 35.5. The molecule has 1 heterocycles. The van der Waals surface area contributed by atoms with Crippen LogP contribution < -0.4 is 10.0 Å². The number of halogens is 1. The highest BCUT2D eigenvalue weighted by Crippen LogP contribution is 2.24. The van der Waals surface area contributed by atoms with Gasteiger partial charge in [-0.3, -0.25) is 4.79 Å². The summed E-state index contributed by atoms with van der Waals surface area (Å²) in [6.07, 6.45) is 0. The van der Waals surface area contributed by atoms with Crippen molar-refractivity contribution < 1.29 is 13.2 Å². The average molecular weight is 539 g/mol. The number of hydrogen-bond donors (Lipinski definition) is 2. The molecule has 10 heteroatoms. The van der Waals surface area contributed by atoms with Crippen LogP contribution in [0.25, 0.3) is 0 Å². The smallest absolute Gasteiger partial charge is 0.264 e. The van der Waals surface area contributed by atoms with E-state index in [0.29, 0.717) is 27.7 Å². The lowest BCUT2D eigenvalue weighted by Gasteiger charge is -2.10. The number of aryl methyl sites for hydroxylation is 2. The van der Waals surface area contributed by atoms with Crippen molar-refractivity contribution in [2.45, 2.75) is 29.4 Å². The Hall–Kier alpha value is -3.40. The van der Waals surface area contributed by atoms with Gasteiger partial charge < -0.3 is 5.32 Å². The lowest BCUT2D eigenvalue weighted by atomic mass is 10.1. The molecule has 184 valence electrons. The molecule has 0 spiro atoms. The number of carbonyl (C=O) groups is 1. The van der Waals surface area contributed by atoms with Crippen LogP contribution in [0.2, 0.25) is 5.02 Å². The summed E-state index contributed by atoms with van der Waals surface area (Å²) >= 11 is 7.60. The molecule has 0 unspecified atom stereocenters. The number of rotatable bonds is 8. The van der Waals surface area contributed by atoms with Crippen molar-refractivity contribution in [3.05, 3.63) is 106 Å². The predicted molar refractivity (Wildman–Crippen MR) is 144 cm³/mol. The first-order valence-corrected chi connectivity index (χ1v) is 13.8. The summed E-state index contributed by atoms with van der Waals surface area (Å²) in [4.78, 5) is 22.0. The SMILES string of the molecule is Cc1cc(C)nc(NS(=O)(=O)c2ccc(NC(=O)c3ccc(CSc4ccc(Cl)cc4)cc3)cc2)n1. The van der Waals surface area contributed by atoms with Gasteiger partial charge in [0.2, 0.25) is 5.95 Å². The molecule has 0 aliphatic rings. The third-order valence-corrected chi connectivity index (χ3v) is 7.74. The van der Waals surface area contributed by atoms with Crippen molar-refractivity contribution in [3.8, 4) is 0 Å². The summed E-state index contributed by atoms with van der Waals surface area (Å²) in [5.74, 6) is 0.491. The Morgan fingerprint density at radius 1 is 0.889 bits per heavy atom. The molecule has 0 aliphatic heterocycles. The molecule has 0 radical (unpaired) electrons. The zero-order valence-corrected chi connectivity index (χ0v) is 21.9. The summed E-state index contributed by atoms with van der Waals surface area (Å²) in [6.45, 7) is 3.52. The molecule has 4 aromatic rings. The minimum Gasteiger partial charge on any atom is -0.322 e. The van der Waals surface area contributed by atoms with Crippen LogP contribution in [0.4, 0.5) is 11.6 Å². The van der Waals surface area contributed by atoms with Crippen LogP contribution in [0.3, 0.4) is 0 Å². The Balaban J connectivity index is 1.35. The van der Waals surface area contributed by atoms with Gasteiger partial charge >= 0.3 is 0 Å². The predicted octanol–water partition coefficient (Wildman–Crippen LogP) is 6.09. The van der Waals surface area contributed by atoms with Crippen LogP contribution in [0.1, 0.15) is 27.3 Å². The van der Waals surface area contributed by atoms with Gasteiger partial charge in [0.05, 0.1) is 4.90 Å². The van der Waals surface area contributed by atoms with Crippen molar-refractivity contribution in [2.24, 2.45) is 0 Å². The maximum absolute atomic E-state index is 12.7. The van der Waals surface area contributed by atoms with Crippen molar-refractivity contribution >= 4 is 50.9 Å². The molecule has 1 aromatic heterocycles. The maximum Gasteiger partial charge on any atom is 0.264 e. The Morgan fingerprint density at radius 2 is 1.50 bits per heavy atom. The van der Waals surface area contributed by atoms with Crippen LogP contribution in [0.5, 0.6) is 0 Å². The maximum atomic E-state index is 12.7. The molecule has 0 aliphatic carbocycles. The Kier molecular flexibility index (Phi) is 7.93. The Morgan fingerprint density at radius 3 is 2.11 bits per heavy atom. The van der Waals surface area contributed by atoms with Crippen LogP contribution in [-0.2, 0) is 15.8 Å². The topological polar surface area (TPSA) is 101 Å². The number of hydrogen-bond acceptors (Lipinski definition) is 6. The van der Waals surface area contributed by atoms with Gasteiger partial charge in [-0.25, -0.2) is 23.1 Å². The lowest BCUT2D eigenvalue weighted by Crippen LogP contribution is -2.16. The molecule has 0 bridgehead atoms. The monoisotopic (exact) mass is 538 g/mol. The van der Waals surface area contributed by atoms with Gasteiger partial charge in [0.25, 0.3) is 15.9 Å². The van der Waals surface area contributed by atoms with Crippen LogP contribution >= 0.6 is 23.4 Å². The van der Waals surface area contributed by atoms with E-state index in [1.54, 1.807) is 43.8 Å². The molecular weight excluding hydrogens is 516 g/mol. The minimum atomic E-state index is -3.87. The fraction of sp³-hybridized carbons (Fsp3) is 0.115. The lowest BCUT2D eigenvalue weighted by molar-refractivity contribution is 0.102. The number of nitrogens with one attached hydrogen (secondary N) is 2. The number of aromatic nitrogens is 2. The summed E-state index contributed by atoms with van der Waals surface area (Å²) in [5, 5.41) is 3.49. The number of anilines is 2.